The molecule has 1 fully saturated rings. The van der Waals surface area contributed by atoms with Crippen LogP contribution in [0, 0.1) is 5.92 Å². The highest BCUT2D eigenvalue weighted by Gasteiger charge is 2.31. The summed E-state index contributed by atoms with van der Waals surface area (Å²) < 4.78 is 0. The lowest BCUT2D eigenvalue weighted by Crippen LogP contribution is -2.43. The van der Waals surface area contributed by atoms with Gasteiger partial charge in [0.05, 0.1) is 5.60 Å². The van der Waals surface area contributed by atoms with Gasteiger partial charge >= 0.3 is 0 Å². The molecule has 3 nitrogen and oxygen atoms in total. The Labute approximate surface area is 126 Å². The number of benzene rings is 1. The van der Waals surface area contributed by atoms with Crippen molar-refractivity contribution in [3.63, 3.8) is 0 Å². The maximum Gasteiger partial charge on any atom is 0.0771 e. The van der Waals surface area contributed by atoms with Gasteiger partial charge in [-0.25, -0.2) is 0 Å². The predicted octanol–water partition coefficient (Wildman–Crippen LogP) is 3.59. The predicted molar refractivity (Wildman–Crippen MR) is 87.2 cm³/mol. The molecule has 0 aliphatic heterocycles. The van der Waals surface area contributed by atoms with Crippen LogP contribution in [0.2, 0.25) is 0 Å². The Morgan fingerprint density at radius 2 is 2.10 bits per heavy atom. The van der Waals surface area contributed by atoms with Crippen LogP contribution in [0.3, 0.4) is 0 Å². The van der Waals surface area contributed by atoms with Gasteiger partial charge in [-0.2, -0.15) is 0 Å². The normalized spacial score (nSPS) is 26.3. The van der Waals surface area contributed by atoms with Crippen LogP contribution in [0.25, 0.3) is 10.9 Å². The van der Waals surface area contributed by atoms with E-state index in [0.29, 0.717) is 6.54 Å². The van der Waals surface area contributed by atoms with E-state index in [2.05, 4.69) is 41.5 Å². The van der Waals surface area contributed by atoms with E-state index in [1.165, 1.54) is 35.7 Å². The molecule has 1 aliphatic rings. The molecule has 1 saturated carbocycles. The number of rotatable bonds is 5. The molecule has 3 rings (SSSR count). The van der Waals surface area contributed by atoms with Crippen molar-refractivity contribution in [2.45, 2.75) is 51.2 Å². The fourth-order valence-corrected chi connectivity index (χ4v) is 3.44. The summed E-state index contributed by atoms with van der Waals surface area (Å²) in [6, 6.07) is 8.56. The van der Waals surface area contributed by atoms with Crippen molar-refractivity contribution < 1.29 is 5.11 Å². The van der Waals surface area contributed by atoms with Gasteiger partial charge in [0.2, 0.25) is 0 Å². The van der Waals surface area contributed by atoms with Crippen LogP contribution in [0.4, 0.5) is 0 Å². The first kappa shape index (κ1) is 14.6. The highest BCUT2D eigenvalue weighted by Crippen LogP contribution is 2.33. The van der Waals surface area contributed by atoms with Gasteiger partial charge < -0.3 is 15.4 Å². The van der Waals surface area contributed by atoms with Gasteiger partial charge in [0.15, 0.2) is 0 Å². The first-order valence-electron chi connectivity index (χ1n) is 8.18. The monoisotopic (exact) mass is 286 g/mol. The van der Waals surface area contributed by atoms with E-state index in [0.717, 1.165) is 25.3 Å². The lowest BCUT2D eigenvalue weighted by molar-refractivity contribution is -0.00880. The smallest absolute Gasteiger partial charge is 0.0771 e. The molecule has 0 saturated heterocycles. The lowest BCUT2D eigenvalue weighted by atomic mass is 9.78. The van der Waals surface area contributed by atoms with Crippen LogP contribution in [-0.4, -0.2) is 22.2 Å². The molecule has 2 aromatic rings. The number of aromatic amines is 1. The van der Waals surface area contributed by atoms with Crippen LogP contribution in [0.1, 0.15) is 44.6 Å². The minimum atomic E-state index is -0.498. The van der Waals surface area contributed by atoms with E-state index in [-0.39, 0.29) is 0 Å². The topological polar surface area (TPSA) is 48.0 Å². The van der Waals surface area contributed by atoms with E-state index in [1.54, 1.807) is 0 Å². The summed E-state index contributed by atoms with van der Waals surface area (Å²) in [5.74, 6) is 0.820. The number of H-pyrrole nitrogens is 1. The number of hydrogen-bond donors (Lipinski definition) is 3. The second-order valence-corrected chi connectivity index (χ2v) is 6.58. The SMILES string of the molecule is CCC1CCC(O)(CNCc2ccc3cc[nH]c3c2)CC1. The van der Waals surface area contributed by atoms with Gasteiger partial charge in [-0.3, -0.25) is 0 Å². The highest BCUT2D eigenvalue weighted by atomic mass is 16.3. The summed E-state index contributed by atoms with van der Waals surface area (Å²) in [4.78, 5) is 3.24. The molecule has 3 N–H and O–H groups in total. The molecule has 1 aromatic heterocycles. The molecule has 21 heavy (non-hydrogen) atoms. The molecule has 1 aliphatic carbocycles. The van der Waals surface area contributed by atoms with Gasteiger partial charge in [0.25, 0.3) is 0 Å². The molecule has 1 aromatic carbocycles. The van der Waals surface area contributed by atoms with Crippen molar-refractivity contribution in [1.82, 2.24) is 10.3 Å². The zero-order chi connectivity index (χ0) is 14.7. The summed E-state index contributed by atoms with van der Waals surface area (Å²) in [5.41, 5.74) is 1.94. The summed E-state index contributed by atoms with van der Waals surface area (Å²) in [6.07, 6.45) is 7.44. The molecular formula is C18H26N2O. The molecule has 0 unspecified atom stereocenters. The lowest BCUT2D eigenvalue weighted by Gasteiger charge is -2.36. The average molecular weight is 286 g/mol. The molecule has 0 radical (unpaired) electrons. The molecule has 3 heteroatoms. The van der Waals surface area contributed by atoms with Gasteiger partial charge in [0, 0.05) is 24.8 Å². The third-order valence-electron chi connectivity index (χ3n) is 5.02. The molecule has 0 bridgehead atoms. The molecule has 114 valence electrons. The minimum Gasteiger partial charge on any atom is -0.389 e. The van der Waals surface area contributed by atoms with Crippen LogP contribution >= 0.6 is 0 Å². The summed E-state index contributed by atoms with van der Waals surface area (Å²) in [5, 5.41) is 15.3. The van der Waals surface area contributed by atoms with Gasteiger partial charge in [0.1, 0.15) is 0 Å². The molecule has 0 spiro atoms. The van der Waals surface area contributed by atoms with Crippen molar-refractivity contribution in [3.05, 3.63) is 36.0 Å². The molecule has 0 atom stereocenters. The number of nitrogens with one attached hydrogen (secondary N) is 2. The van der Waals surface area contributed by atoms with Crippen molar-refractivity contribution in [1.29, 1.82) is 0 Å². The Hall–Kier alpha value is -1.32. The van der Waals surface area contributed by atoms with Crippen LogP contribution < -0.4 is 5.32 Å². The maximum absolute atomic E-state index is 10.6. The highest BCUT2D eigenvalue weighted by molar-refractivity contribution is 5.79. The number of fused-ring (bicyclic) bond motifs is 1. The van der Waals surface area contributed by atoms with E-state index in [4.69, 9.17) is 0 Å². The maximum atomic E-state index is 10.6. The van der Waals surface area contributed by atoms with Crippen molar-refractivity contribution in [2.75, 3.05) is 6.54 Å². The van der Waals surface area contributed by atoms with Crippen LogP contribution in [-0.2, 0) is 6.54 Å². The average Bonchev–Trinajstić information content (AvgIpc) is 2.95. The van der Waals surface area contributed by atoms with E-state index in [9.17, 15) is 5.11 Å². The van der Waals surface area contributed by atoms with Crippen molar-refractivity contribution in [3.8, 4) is 0 Å². The second-order valence-electron chi connectivity index (χ2n) is 6.58. The first-order chi connectivity index (χ1) is 10.2. The van der Waals surface area contributed by atoms with Gasteiger partial charge in [-0.1, -0.05) is 25.5 Å². The van der Waals surface area contributed by atoms with E-state index in [1.807, 2.05) is 6.20 Å². The standard InChI is InChI=1S/C18H26N2O/c1-2-14-5-8-18(21,9-6-14)13-19-12-15-3-4-16-7-10-20-17(16)11-15/h3-4,7,10-11,14,19-21H,2,5-6,8-9,12-13H2,1H3. The molecule has 0 amide bonds. The quantitative estimate of drug-likeness (QED) is 0.786. The zero-order valence-electron chi connectivity index (χ0n) is 12.9. The molecule has 1 heterocycles. The Bertz CT molecular complexity index is 582. The van der Waals surface area contributed by atoms with Gasteiger partial charge in [-0.05, 0) is 54.7 Å². The zero-order valence-corrected chi connectivity index (χ0v) is 12.9. The first-order valence-corrected chi connectivity index (χ1v) is 8.18. The Balaban J connectivity index is 1.51. The second kappa shape index (κ2) is 6.20. The minimum absolute atomic E-state index is 0.498. The van der Waals surface area contributed by atoms with Gasteiger partial charge in [-0.15, -0.1) is 0 Å². The molecular weight excluding hydrogens is 260 g/mol. The number of aromatic nitrogens is 1. The largest absolute Gasteiger partial charge is 0.389 e. The number of hydrogen-bond acceptors (Lipinski definition) is 2. The fourth-order valence-electron chi connectivity index (χ4n) is 3.44. The van der Waals surface area contributed by atoms with Crippen molar-refractivity contribution >= 4 is 10.9 Å². The summed E-state index contributed by atoms with van der Waals surface area (Å²) in [6.45, 7) is 3.77. The van der Waals surface area contributed by atoms with Crippen LogP contribution in [0.5, 0.6) is 0 Å². The third-order valence-corrected chi connectivity index (χ3v) is 5.02. The summed E-state index contributed by atoms with van der Waals surface area (Å²) >= 11 is 0. The number of aliphatic hydroxyl groups is 1. The van der Waals surface area contributed by atoms with E-state index < -0.39 is 5.60 Å². The van der Waals surface area contributed by atoms with Crippen LogP contribution in [0.15, 0.2) is 30.5 Å². The Kier molecular flexibility index (Phi) is 4.32. The summed E-state index contributed by atoms with van der Waals surface area (Å²) in [7, 11) is 0. The third kappa shape index (κ3) is 3.47. The van der Waals surface area contributed by atoms with Crippen molar-refractivity contribution in [2.24, 2.45) is 5.92 Å². The Morgan fingerprint density at radius 1 is 1.29 bits per heavy atom. The Morgan fingerprint density at radius 3 is 2.86 bits per heavy atom. The van der Waals surface area contributed by atoms with E-state index >= 15 is 0 Å². The fraction of sp³-hybridized carbons (Fsp3) is 0.556.